The molecule has 23 heavy (non-hydrogen) atoms. The minimum absolute atomic E-state index is 0.336. The SMILES string of the molecule is O=C(O)C(Sc1nncc(-c2ccccc2)n1)c1ccccc1. The predicted octanol–water partition coefficient (Wildman–Crippen LogP) is 3.46. The molecule has 2 aromatic carbocycles. The Morgan fingerprint density at radius 3 is 2.30 bits per heavy atom. The molecule has 5 nitrogen and oxygen atoms in total. The molecule has 0 aliphatic rings. The first-order valence-electron chi connectivity index (χ1n) is 6.93. The van der Waals surface area contributed by atoms with E-state index in [0.717, 1.165) is 17.3 Å². The summed E-state index contributed by atoms with van der Waals surface area (Å²) in [5, 5.41) is 16.9. The average Bonchev–Trinajstić information content (AvgIpc) is 2.61. The lowest BCUT2D eigenvalue weighted by molar-refractivity contribution is -0.136. The maximum Gasteiger partial charge on any atom is 0.321 e. The van der Waals surface area contributed by atoms with Gasteiger partial charge in [0, 0.05) is 5.56 Å². The van der Waals surface area contributed by atoms with Crippen molar-refractivity contribution >= 4 is 17.7 Å². The van der Waals surface area contributed by atoms with Crippen molar-refractivity contribution < 1.29 is 9.90 Å². The zero-order valence-electron chi connectivity index (χ0n) is 12.0. The summed E-state index contributed by atoms with van der Waals surface area (Å²) in [5.74, 6) is -0.935. The first kappa shape index (κ1) is 15.2. The Balaban J connectivity index is 1.88. The molecule has 0 saturated heterocycles. The van der Waals surface area contributed by atoms with Crippen LogP contribution in [-0.4, -0.2) is 26.3 Å². The van der Waals surface area contributed by atoms with E-state index in [1.54, 1.807) is 18.3 Å². The fraction of sp³-hybridized carbons (Fsp3) is 0.0588. The minimum Gasteiger partial charge on any atom is -0.480 e. The lowest BCUT2D eigenvalue weighted by Crippen LogP contribution is -2.09. The molecule has 0 saturated carbocycles. The molecule has 114 valence electrons. The van der Waals surface area contributed by atoms with E-state index in [1.807, 2.05) is 48.5 Å². The Kier molecular flexibility index (Phi) is 4.63. The van der Waals surface area contributed by atoms with Crippen molar-refractivity contribution in [1.29, 1.82) is 0 Å². The number of aromatic nitrogens is 3. The highest BCUT2D eigenvalue weighted by Crippen LogP contribution is 2.33. The smallest absolute Gasteiger partial charge is 0.321 e. The highest BCUT2D eigenvalue weighted by atomic mass is 32.2. The van der Waals surface area contributed by atoms with Gasteiger partial charge < -0.3 is 5.11 Å². The van der Waals surface area contributed by atoms with Gasteiger partial charge in [0.2, 0.25) is 5.16 Å². The number of rotatable bonds is 5. The van der Waals surface area contributed by atoms with Gasteiger partial charge in [-0.25, -0.2) is 4.98 Å². The molecule has 0 radical (unpaired) electrons. The Morgan fingerprint density at radius 2 is 1.65 bits per heavy atom. The first-order chi connectivity index (χ1) is 11.2. The summed E-state index contributed by atoms with van der Waals surface area (Å²) in [6.45, 7) is 0. The average molecular weight is 323 g/mol. The third-order valence-corrected chi connectivity index (χ3v) is 4.25. The second kappa shape index (κ2) is 7.02. The standard InChI is InChI=1S/C17H13N3O2S/c21-16(22)15(13-9-5-2-6-10-13)23-17-19-14(11-18-20-17)12-7-3-1-4-8-12/h1-11,15H,(H,21,22). The molecule has 0 amide bonds. The van der Waals surface area contributed by atoms with Crippen LogP contribution in [0.3, 0.4) is 0 Å². The van der Waals surface area contributed by atoms with E-state index in [0.29, 0.717) is 16.4 Å². The van der Waals surface area contributed by atoms with E-state index in [-0.39, 0.29) is 0 Å². The molecule has 0 aliphatic carbocycles. The topological polar surface area (TPSA) is 76.0 Å². The molecule has 0 aliphatic heterocycles. The molecule has 1 atom stereocenters. The minimum atomic E-state index is -0.935. The van der Waals surface area contributed by atoms with Crippen molar-refractivity contribution in [1.82, 2.24) is 15.2 Å². The van der Waals surface area contributed by atoms with E-state index in [2.05, 4.69) is 15.2 Å². The van der Waals surface area contributed by atoms with E-state index >= 15 is 0 Å². The zero-order valence-corrected chi connectivity index (χ0v) is 12.9. The van der Waals surface area contributed by atoms with Gasteiger partial charge in [-0.15, -0.1) is 5.10 Å². The third kappa shape index (κ3) is 3.73. The summed E-state index contributed by atoms with van der Waals surface area (Å²) in [7, 11) is 0. The Bertz CT molecular complexity index is 797. The molecule has 3 rings (SSSR count). The van der Waals surface area contributed by atoms with Crippen LogP contribution in [0.5, 0.6) is 0 Å². The zero-order chi connectivity index (χ0) is 16.1. The second-order valence-corrected chi connectivity index (χ2v) is 5.81. The number of benzene rings is 2. The first-order valence-corrected chi connectivity index (χ1v) is 7.81. The summed E-state index contributed by atoms with van der Waals surface area (Å²) >= 11 is 1.07. The number of hydrogen-bond acceptors (Lipinski definition) is 5. The van der Waals surface area contributed by atoms with Crippen LogP contribution in [-0.2, 0) is 4.79 Å². The molecule has 1 unspecified atom stereocenters. The van der Waals surface area contributed by atoms with E-state index in [4.69, 9.17) is 0 Å². The van der Waals surface area contributed by atoms with Gasteiger partial charge in [0.25, 0.3) is 0 Å². The van der Waals surface area contributed by atoms with Crippen LogP contribution in [0.2, 0.25) is 0 Å². The van der Waals surface area contributed by atoms with Gasteiger partial charge in [0.1, 0.15) is 5.25 Å². The largest absolute Gasteiger partial charge is 0.480 e. The lowest BCUT2D eigenvalue weighted by Gasteiger charge is -2.11. The predicted molar refractivity (Wildman–Crippen MR) is 87.9 cm³/mol. The van der Waals surface area contributed by atoms with Gasteiger partial charge in [-0.05, 0) is 5.56 Å². The van der Waals surface area contributed by atoms with Crippen molar-refractivity contribution in [2.75, 3.05) is 0 Å². The fourth-order valence-electron chi connectivity index (χ4n) is 2.08. The molecular formula is C17H13N3O2S. The number of nitrogens with zero attached hydrogens (tertiary/aromatic N) is 3. The Hall–Kier alpha value is -2.73. The van der Waals surface area contributed by atoms with Gasteiger partial charge >= 0.3 is 5.97 Å². The maximum atomic E-state index is 11.6. The molecule has 6 heteroatoms. The van der Waals surface area contributed by atoms with Crippen molar-refractivity contribution in [2.24, 2.45) is 0 Å². The van der Waals surface area contributed by atoms with Crippen LogP contribution in [0.1, 0.15) is 10.8 Å². The molecule has 3 aromatic rings. The van der Waals surface area contributed by atoms with Crippen molar-refractivity contribution in [2.45, 2.75) is 10.4 Å². The molecular weight excluding hydrogens is 310 g/mol. The van der Waals surface area contributed by atoms with E-state index in [9.17, 15) is 9.90 Å². The Morgan fingerprint density at radius 1 is 1.00 bits per heavy atom. The monoisotopic (exact) mass is 323 g/mol. The normalized spacial score (nSPS) is 11.8. The van der Waals surface area contributed by atoms with Gasteiger partial charge in [0.05, 0.1) is 11.9 Å². The lowest BCUT2D eigenvalue weighted by atomic mass is 10.1. The van der Waals surface area contributed by atoms with E-state index in [1.165, 1.54) is 0 Å². The number of carbonyl (C=O) groups is 1. The van der Waals surface area contributed by atoms with Gasteiger partial charge in [-0.3, -0.25) is 4.79 Å². The molecule has 1 aromatic heterocycles. The number of hydrogen-bond donors (Lipinski definition) is 1. The molecule has 1 heterocycles. The highest BCUT2D eigenvalue weighted by molar-refractivity contribution is 8.00. The number of aliphatic carboxylic acids is 1. The summed E-state index contributed by atoms with van der Waals surface area (Å²) in [6.07, 6.45) is 1.57. The Labute approximate surface area is 137 Å². The quantitative estimate of drug-likeness (QED) is 0.725. The highest BCUT2D eigenvalue weighted by Gasteiger charge is 2.22. The van der Waals surface area contributed by atoms with Crippen molar-refractivity contribution in [3.05, 3.63) is 72.4 Å². The van der Waals surface area contributed by atoms with Crippen LogP contribution < -0.4 is 0 Å². The van der Waals surface area contributed by atoms with Crippen LogP contribution >= 0.6 is 11.8 Å². The number of carboxylic acid groups (broad SMARTS) is 1. The van der Waals surface area contributed by atoms with Crippen LogP contribution in [0.15, 0.2) is 72.0 Å². The van der Waals surface area contributed by atoms with Crippen LogP contribution in [0.4, 0.5) is 0 Å². The maximum absolute atomic E-state index is 11.6. The van der Waals surface area contributed by atoms with Gasteiger partial charge in [0.15, 0.2) is 0 Å². The van der Waals surface area contributed by atoms with Crippen molar-refractivity contribution in [3.63, 3.8) is 0 Å². The molecule has 0 spiro atoms. The molecule has 0 fully saturated rings. The van der Waals surface area contributed by atoms with Gasteiger partial charge in [-0.1, -0.05) is 72.4 Å². The summed E-state index contributed by atoms with van der Waals surface area (Å²) in [6, 6.07) is 18.6. The van der Waals surface area contributed by atoms with Crippen LogP contribution in [0.25, 0.3) is 11.3 Å². The summed E-state index contributed by atoms with van der Waals surface area (Å²) in [5.41, 5.74) is 2.27. The summed E-state index contributed by atoms with van der Waals surface area (Å²) < 4.78 is 0. The molecule has 1 N–H and O–H groups in total. The number of thioether (sulfide) groups is 1. The van der Waals surface area contributed by atoms with Gasteiger partial charge in [-0.2, -0.15) is 5.10 Å². The number of carboxylic acids is 1. The molecule has 0 bridgehead atoms. The summed E-state index contributed by atoms with van der Waals surface area (Å²) in [4.78, 5) is 16.0. The fourth-order valence-corrected chi connectivity index (χ4v) is 2.93. The second-order valence-electron chi connectivity index (χ2n) is 4.74. The van der Waals surface area contributed by atoms with E-state index < -0.39 is 11.2 Å². The van der Waals surface area contributed by atoms with Crippen LogP contribution in [0, 0.1) is 0 Å². The van der Waals surface area contributed by atoms with Crippen molar-refractivity contribution in [3.8, 4) is 11.3 Å². The third-order valence-electron chi connectivity index (χ3n) is 3.16.